The van der Waals surface area contributed by atoms with E-state index in [1.54, 1.807) is 12.1 Å². The number of carbonyl (C=O) groups is 1. The van der Waals surface area contributed by atoms with Crippen molar-refractivity contribution >= 4 is 22.5 Å². The molecule has 0 aliphatic carbocycles. The van der Waals surface area contributed by atoms with Gasteiger partial charge in [0.25, 0.3) is 0 Å². The van der Waals surface area contributed by atoms with E-state index in [0.717, 1.165) is 0 Å². The average molecular weight is 215 g/mol. The molecular weight excluding hydrogens is 206 g/mol. The Bertz CT molecular complexity index is 406. The van der Waals surface area contributed by atoms with E-state index >= 15 is 0 Å². The molecule has 1 N–H and O–H groups in total. The summed E-state index contributed by atoms with van der Waals surface area (Å²) in [6.07, 6.45) is 0. The number of esters is 1. The minimum atomic E-state index is -2.78. The van der Waals surface area contributed by atoms with Crippen molar-refractivity contribution < 1.29 is 17.9 Å². The largest absolute Gasteiger partial charge is 0.465 e. The van der Waals surface area contributed by atoms with Crippen molar-refractivity contribution in [3.05, 3.63) is 29.8 Å². The summed E-state index contributed by atoms with van der Waals surface area (Å²) in [7, 11) is -1.55. The first kappa shape index (κ1) is 10.5. The number of para-hydroxylation sites is 1. The van der Waals surface area contributed by atoms with Gasteiger partial charge in [-0.2, -0.15) is 0 Å². The molecular formula is C8H9NO4S. The summed E-state index contributed by atoms with van der Waals surface area (Å²) < 4.78 is 27.4. The van der Waals surface area contributed by atoms with Gasteiger partial charge in [0.2, 0.25) is 10.9 Å². The molecule has 0 aliphatic heterocycles. The second-order valence-electron chi connectivity index (χ2n) is 2.41. The van der Waals surface area contributed by atoms with Gasteiger partial charge in [0, 0.05) is 0 Å². The lowest BCUT2D eigenvalue weighted by Gasteiger charge is -2.04. The van der Waals surface area contributed by atoms with E-state index in [4.69, 9.17) is 0 Å². The second-order valence-corrected chi connectivity index (χ2v) is 3.14. The summed E-state index contributed by atoms with van der Waals surface area (Å²) in [5, 5.41) is 0. The minimum Gasteiger partial charge on any atom is -0.465 e. The predicted octanol–water partition coefficient (Wildman–Crippen LogP) is 0.411. The van der Waals surface area contributed by atoms with E-state index in [0.29, 0.717) is 0 Å². The fourth-order valence-corrected chi connectivity index (χ4v) is 1.36. The summed E-state index contributed by atoms with van der Waals surface area (Å²) >= 11 is 0. The van der Waals surface area contributed by atoms with Crippen LogP contribution >= 0.6 is 0 Å². The molecule has 76 valence electrons. The van der Waals surface area contributed by atoms with Crippen LogP contribution in [-0.2, 0) is 15.6 Å². The average Bonchev–Trinajstić information content (AvgIpc) is 2.16. The van der Waals surface area contributed by atoms with Gasteiger partial charge in [-0.15, -0.1) is 0 Å². The van der Waals surface area contributed by atoms with Gasteiger partial charge in [-0.05, 0) is 12.1 Å². The van der Waals surface area contributed by atoms with E-state index in [9.17, 15) is 13.2 Å². The van der Waals surface area contributed by atoms with Crippen LogP contribution in [-0.4, -0.2) is 21.5 Å². The summed E-state index contributed by atoms with van der Waals surface area (Å²) in [6, 6.07) is 6.20. The fraction of sp³-hybridized carbons (Fsp3) is 0.125. The third-order valence-corrected chi connectivity index (χ3v) is 1.97. The molecule has 1 aromatic carbocycles. The van der Waals surface area contributed by atoms with Crippen molar-refractivity contribution in [3.8, 4) is 0 Å². The molecule has 0 radical (unpaired) electrons. The van der Waals surface area contributed by atoms with Gasteiger partial charge in [0.15, 0.2) is 0 Å². The van der Waals surface area contributed by atoms with Crippen molar-refractivity contribution in [2.45, 2.75) is 0 Å². The Morgan fingerprint density at radius 2 is 2.00 bits per heavy atom. The van der Waals surface area contributed by atoms with Crippen LogP contribution in [0, 0.1) is 0 Å². The lowest BCUT2D eigenvalue weighted by molar-refractivity contribution is 0.0602. The van der Waals surface area contributed by atoms with Crippen molar-refractivity contribution in [3.63, 3.8) is 0 Å². The molecule has 0 heterocycles. The molecule has 0 spiro atoms. The van der Waals surface area contributed by atoms with Crippen LogP contribution in [0.25, 0.3) is 0 Å². The van der Waals surface area contributed by atoms with Gasteiger partial charge in [-0.1, -0.05) is 12.1 Å². The summed E-state index contributed by atoms with van der Waals surface area (Å²) in [5.41, 5.74) is 0.407. The van der Waals surface area contributed by atoms with Crippen LogP contribution in [0.3, 0.4) is 0 Å². The fourth-order valence-electron chi connectivity index (χ4n) is 0.967. The SMILES string of the molecule is COC(=O)c1ccccc1N[SH](=O)=O. The van der Waals surface area contributed by atoms with Gasteiger partial charge < -0.3 is 4.74 Å². The van der Waals surface area contributed by atoms with Crippen molar-refractivity contribution in [1.82, 2.24) is 0 Å². The molecule has 0 saturated carbocycles. The zero-order valence-corrected chi connectivity index (χ0v) is 8.28. The smallest absolute Gasteiger partial charge is 0.339 e. The minimum absolute atomic E-state index is 0.189. The third-order valence-electron chi connectivity index (χ3n) is 1.54. The van der Waals surface area contributed by atoms with E-state index in [1.807, 2.05) is 0 Å². The highest BCUT2D eigenvalue weighted by molar-refractivity contribution is 7.73. The molecule has 0 bridgehead atoms. The van der Waals surface area contributed by atoms with E-state index in [1.165, 1.54) is 19.2 Å². The molecule has 0 unspecified atom stereocenters. The Balaban J connectivity index is 3.08. The summed E-state index contributed by atoms with van der Waals surface area (Å²) in [6.45, 7) is 0. The molecule has 14 heavy (non-hydrogen) atoms. The Labute approximate surface area is 82.8 Å². The summed E-state index contributed by atoms with van der Waals surface area (Å²) in [5.74, 6) is -0.579. The van der Waals surface area contributed by atoms with Gasteiger partial charge in [-0.3, -0.25) is 4.72 Å². The quantitative estimate of drug-likeness (QED) is 0.566. The molecule has 0 saturated heterocycles. The maximum Gasteiger partial charge on any atom is 0.339 e. The lowest BCUT2D eigenvalue weighted by Crippen LogP contribution is -2.06. The number of hydrogen-bond donors (Lipinski definition) is 2. The Morgan fingerprint density at radius 1 is 1.36 bits per heavy atom. The molecule has 1 rings (SSSR count). The third kappa shape index (κ3) is 2.46. The maximum absolute atomic E-state index is 11.2. The van der Waals surface area contributed by atoms with Gasteiger partial charge in [0.1, 0.15) is 0 Å². The van der Waals surface area contributed by atoms with Crippen LogP contribution in [0.2, 0.25) is 0 Å². The lowest BCUT2D eigenvalue weighted by atomic mass is 10.2. The second kappa shape index (κ2) is 4.61. The molecule has 0 atom stereocenters. The number of benzene rings is 1. The number of anilines is 1. The normalized spacial score (nSPS) is 9.86. The van der Waals surface area contributed by atoms with Crippen molar-refractivity contribution in [1.29, 1.82) is 0 Å². The molecule has 0 amide bonds. The van der Waals surface area contributed by atoms with Gasteiger partial charge >= 0.3 is 5.97 Å². The number of rotatable bonds is 3. The number of methoxy groups -OCH3 is 1. The number of thiol groups is 1. The molecule has 0 aliphatic rings. The molecule has 0 aromatic heterocycles. The monoisotopic (exact) mass is 215 g/mol. The zero-order valence-electron chi connectivity index (χ0n) is 7.39. The van der Waals surface area contributed by atoms with Crippen molar-refractivity contribution in [2.24, 2.45) is 0 Å². The Morgan fingerprint density at radius 3 is 2.57 bits per heavy atom. The Kier molecular flexibility index (Phi) is 3.47. The maximum atomic E-state index is 11.2. The first-order valence-corrected chi connectivity index (χ1v) is 4.91. The molecule has 5 nitrogen and oxygen atoms in total. The van der Waals surface area contributed by atoms with E-state index < -0.39 is 16.9 Å². The standard InChI is InChI=1S/C8H9NO4S/c1-13-8(10)6-4-2-3-5-7(6)9-14(11)12/h2-5,14H,1H3,(H,9,11,12). The molecule has 6 heteroatoms. The van der Waals surface area contributed by atoms with Gasteiger partial charge in [0.05, 0.1) is 18.4 Å². The summed E-state index contributed by atoms with van der Waals surface area (Å²) in [4.78, 5) is 11.2. The van der Waals surface area contributed by atoms with E-state index in [2.05, 4.69) is 9.46 Å². The molecule has 0 fully saturated rings. The highest BCUT2D eigenvalue weighted by Crippen LogP contribution is 2.15. The Hall–Kier alpha value is -1.56. The van der Waals surface area contributed by atoms with Crippen LogP contribution in [0.4, 0.5) is 5.69 Å². The van der Waals surface area contributed by atoms with Crippen LogP contribution in [0.15, 0.2) is 24.3 Å². The first-order valence-electron chi connectivity index (χ1n) is 3.73. The highest BCUT2D eigenvalue weighted by atomic mass is 32.2. The van der Waals surface area contributed by atoms with Crippen LogP contribution < -0.4 is 4.72 Å². The first-order chi connectivity index (χ1) is 6.65. The van der Waals surface area contributed by atoms with Crippen molar-refractivity contribution in [2.75, 3.05) is 11.8 Å². The molecule has 1 aromatic rings. The number of carbonyl (C=O) groups excluding carboxylic acids is 1. The number of ether oxygens (including phenoxy) is 1. The zero-order chi connectivity index (χ0) is 10.6. The topological polar surface area (TPSA) is 72.5 Å². The van der Waals surface area contributed by atoms with Gasteiger partial charge in [-0.25, -0.2) is 13.2 Å². The number of nitrogens with one attached hydrogen (secondary N) is 1. The number of hydrogen-bond acceptors (Lipinski definition) is 4. The van der Waals surface area contributed by atoms with Crippen LogP contribution in [0.1, 0.15) is 10.4 Å². The predicted molar refractivity (Wildman–Crippen MR) is 51.7 cm³/mol. The van der Waals surface area contributed by atoms with E-state index in [-0.39, 0.29) is 11.3 Å². The van der Waals surface area contributed by atoms with Crippen LogP contribution in [0.5, 0.6) is 0 Å². The highest BCUT2D eigenvalue weighted by Gasteiger charge is 2.10.